The molecule has 24 heavy (non-hydrogen) atoms. The van der Waals surface area contributed by atoms with Gasteiger partial charge in [0.2, 0.25) is 0 Å². The van der Waals surface area contributed by atoms with Crippen molar-refractivity contribution in [2.24, 2.45) is 0 Å². The maximum Gasteiger partial charge on any atom is 0.323 e. The van der Waals surface area contributed by atoms with Crippen LogP contribution in [0.5, 0.6) is 0 Å². The van der Waals surface area contributed by atoms with Crippen molar-refractivity contribution in [3.05, 3.63) is 44.8 Å². The molecule has 1 saturated heterocycles. The summed E-state index contributed by atoms with van der Waals surface area (Å²) < 4.78 is 25.6. The molecule has 10 heteroatoms. The summed E-state index contributed by atoms with van der Waals surface area (Å²) in [6, 6.07) is 4.65. The van der Waals surface area contributed by atoms with E-state index in [1.54, 1.807) is 35.0 Å². The molecule has 7 nitrogen and oxygen atoms in total. The summed E-state index contributed by atoms with van der Waals surface area (Å²) in [6.07, 6.45) is 0. The quantitative estimate of drug-likeness (QED) is 0.727. The molecule has 0 amide bonds. The Morgan fingerprint density at radius 2 is 1.33 bits per heavy atom. The van der Waals surface area contributed by atoms with Crippen LogP contribution >= 0.6 is 22.7 Å². The lowest BCUT2D eigenvalue weighted by Crippen LogP contribution is -2.58. The summed E-state index contributed by atoms with van der Waals surface area (Å²) in [6.45, 7) is 0. The maximum atomic E-state index is 12.8. The molecule has 0 unspecified atom stereocenters. The van der Waals surface area contributed by atoms with Gasteiger partial charge in [-0.25, -0.2) is 8.42 Å². The summed E-state index contributed by atoms with van der Waals surface area (Å²) in [5, 5.41) is 21.6. The lowest BCUT2D eigenvalue weighted by molar-refractivity contribution is -0.138. The number of hydrogen-bond donors (Lipinski definition) is 3. The Bertz CT molecular complexity index is 779. The van der Waals surface area contributed by atoms with Gasteiger partial charge in [-0.2, -0.15) is 0 Å². The van der Waals surface area contributed by atoms with Gasteiger partial charge in [0.15, 0.2) is 20.3 Å². The van der Waals surface area contributed by atoms with Crippen molar-refractivity contribution in [2.75, 3.05) is 0 Å². The molecular formula is C14H13NO6S3. The molecule has 1 aliphatic heterocycles. The summed E-state index contributed by atoms with van der Waals surface area (Å²) in [5.41, 5.74) is 0. The van der Waals surface area contributed by atoms with E-state index in [0.717, 1.165) is 0 Å². The van der Waals surface area contributed by atoms with Crippen molar-refractivity contribution in [1.29, 1.82) is 0 Å². The number of thiophene rings is 2. The summed E-state index contributed by atoms with van der Waals surface area (Å²) >= 11 is 2.45. The van der Waals surface area contributed by atoms with Crippen molar-refractivity contribution in [2.45, 2.75) is 22.6 Å². The van der Waals surface area contributed by atoms with E-state index in [-0.39, 0.29) is 0 Å². The van der Waals surface area contributed by atoms with E-state index in [1.807, 2.05) is 0 Å². The molecular weight excluding hydrogens is 374 g/mol. The van der Waals surface area contributed by atoms with Crippen molar-refractivity contribution in [3.63, 3.8) is 0 Å². The highest BCUT2D eigenvalue weighted by molar-refractivity contribution is 7.94. The summed E-state index contributed by atoms with van der Waals surface area (Å²) in [7, 11) is -4.46. The first-order valence-corrected chi connectivity index (χ1v) is 10.2. The van der Waals surface area contributed by atoms with Crippen LogP contribution in [0.4, 0.5) is 0 Å². The van der Waals surface area contributed by atoms with Crippen LogP contribution in [0.2, 0.25) is 0 Å². The third-order valence-corrected chi connectivity index (χ3v) is 8.13. The van der Waals surface area contributed by atoms with Crippen LogP contribution in [-0.2, 0) is 19.4 Å². The molecule has 0 radical (unpaired) electrons. The number of nitrogens with one attached hydrogen (secondary N) is 1. The molecule has 1 fully saturated rings. The van der Waals surface area contributed by atoms with Crippen LogP contribution in [0.1, 0.15) is 21.8 Å². The Balaban J connectivity index is 2.16. The van der Waals surface area contributed by atoms with E-state index < -0.39 is 44.4 Å². The van der Waals surface area contributed by atoms with Crippen LogP contribution in [0, 0.1) is 0 Å². The van der Waals surface area contributed by atoms with Crippen molar-refractivity contribution < 1.29 is 28.2 Å². The topological polar surface area (TPSA) is 121 Å². The normalized spacial score (nSPS) is 29.2. The lowest BCUT2D eigenvalue weighted by atomic mass is 10.1. The van der Waals surface area contributed by atoms with E-state index in [4.69, 9.17) is 0 Å². The van der Waals surface area contributed by atoms with Gasteiger partial charge in [-0.1, -0.05) is 12.1 Å². The van der Waals surface area contributed by atoms with Crippen LogP contribution in [0.25, 0.3) is 0 Å². The number of carboxylic acids is 2. The van der Waals surface area contributed by atoms with Gasteiger partial charge in [0, 0.05) is 9.75 Å². The fourth-order valence-corrected chi connectivity index (χ4v) is 6.77. The Labute approximate surface area is 145 Å². The maximum absolute atomic E-state index is 12.8. The molecule has 3 N–H and O–H groups in total. The van der Waals surface area contributed by atoms with Gasteiger partial charge in [-0.15, -0.1) is 22.7 Å². The smallest absolute Gasteiger partial charge is 0.323 e. The van der Waals surface area contributed by atoms with Gasteiger partial charge >= 0.3 is 11.9 Å². The highest BCUT2D eigenvalue weighted by atomic mass is 32.2. The molecule has 4 atom stereocenters. The average molecular weight is 387 g/mol. The number of carboxylic acid groups (broad SMARTS) is 2. The van der Waals surface area contributed by atoms with Crippen LogP contribution < -0.4 is 5.32 Å². The molecule has 0 saturated carbocycles. The van der Waals surface area contributed by atoms with Crippen LogP contribution in [0.15, 0.2) is 35.0 Å². The van der Waals surface area contributed by atoms with Gasteiger partial charge in [0.1, 0.15) is 0 Å². The first-order valence-electron chi connectivity index (χ1n) is 6.85. The largest absolute Gasteiger partial charge is 0.480 e. The highest BCUT2D eigenvalue weighted by Crippen LogP contribution is 2.40. The van der Waals surface area contributed by atoms with Gasteiger partial charge < -0.3 is 10.2 Å². The summed E-state index contributed by atoms with van der Waals surface area (Å²) in [5.74, 6) is -3.12. The number of aliphatic carboxylic acids is 2. The predicted molar refractivity (Wildman–Crippen MR) is 89.0 cm³/mol. The fourth-order valence-electron chi connectivity index (χ4n) is 2.87. The Morgan fingerprint density at radius 1 is 0.917 bits per heavy atom. The monoisotopic (exact) mass is 387 g/mol. The Hall–Kier alpha value is -1.75. The van der Waals surface area contributed by atoms with E-state index in [0.29, 0.717) is 9.75 Å². The minimum absolute atomic E-state index is 0.538. The van der Waals surface area contributed by atoms with Crippen LogP contribution in [0.3, 0.4) is 0 Å². The standard InChI is InChI=1S/C14H13NO6S3/c16-13(17)11-9(7-3-1-5-22-7)15-10(8-4-2-6-23-8)12(14(18)19)24(11,20)21/h1-6,9-12,15H,(H,16,17)(H,18,19)/t9-,10-,11-,12+/m0/s1. The number of carbonyl (C=O) groups is 2. The second-order valence-electron chi connectivity index (χ2n) is 5.26. The Kier molecular flexibility index (Phi) is 4.47. The molecule has 2 aromatic rings. The lowest BCUT2D eigenvalue weighted by Gasteiger charge is -2.38. The first-order chi connectivity index (χ1) is 11.3. The fraction of sp³-hybridized carbons (Fsp3) is 0.286. The van der Waals surface area contributed by atoms with E-state index >= 15 is 0 Å². The minimum Gasteiger partial charge on any atom is -0.480 e. The molecule has 0 aliphatic carbocycles. The van der Waals surface area contributed by atoms with Crippen molar-refractivity contribution in [1.82, 2.24) is 5.32 Å². The second kappa shape index (κ2) is 6.28. The minimum atomic E-state index is -4.46. The average Bonchev–Trinajstić information content (AvgIpc) is 3.17. The Morgan fingerprint density at radius 3 is 1.62 bits per heavy atom. The third-order valence-electron chi connectivity index (χ3n) is 3.86. The van der Waals surface area contributed by atoms with Crippen molar-refractivity contribution >= 4 is 44.4 Å². The third kappa shape index (κ3) is 2.75. The van der Waals surface area contributed by atoms with Gasteiger partial charge in [0.05, 0.1) is 12.1 Å². The molecule has 128 valence electrons. The molecule has 2 aromatic heterocycles. The van der Waals surface area contributed by atoms with Gasteiger partial charge in [0.25, 0.3) is 0 Å². The molecule has 1 aliphatic rings. The van der Waals surface area contributed by atoms with E-state index in [9.17, 15) is 28.2 Å². The number of rotatable bonds is 4. The van der Waals surface area contributed by atoms with E-state index in [1.165, 1.54) is 22.7 Å². The highest BCUT2D eigenvalue weighted by Gasteiger charge is 2.56. The molecule has 0 spiro atoms. The molecule has 0 bridgehead atoms. The predicted octanol–water partition coefficient (Wildman–Crippen LogP) is 1.52. The second-order valence-corrected chi connectivity index (χ2v) is 9.41. The zero-order chi connectivity index (χ0) is 17.5. The molecule has 3 rings (SSSR count). The number of hydrogen-bond acceptors (Lipinski definition) is 7. The SMILES string of the molecule is O=C(O)[C@@H]1[C@H](c2cccs2)N[C@@H](c2cccs2)[C@H](C(=O)O)S1(=O)=O. The van der Waals surface area contributed by atoms with E-state index in [2.05, 4.69) is 5.32 Å². The van der Waals surface area contributed by atoms with Gasteiger partial charge in [-0.3, -0.25) is 14.9 Å². The zero-order valence-electron chi connectivity index (χ0n) is 12.0. The summed E-state index contributed by atoms with van der Waals surface area (Å²) in [4.78, 5) is 24.3. The zero-order valence-corrected chi connectivity index (χ0v) is 14.5. The number of sulfone groups is 1. The molecule has 0 aromatic carbocycles. The van der Waals surface area contributed by atoms with Crippen LogP contribution in [-0.4, -0.2) is 41.1 Å². The first kappa shape index (κ1) is 17.1. The molecule has 3 heterocycles. The van der Waals surface area contributed by atoms with Gasteiger partial charge in [-0.05, 0) is 22.9 Å². The van der Waals surface area contributed by atoms with Crippen molar-refractivity contribution in [3.8, 4) is 0 Å².